The van der Waals surface area contributed by atoms with Gasteiger partial charge in [0.15, 0.2) is 0 Å². The molecule has 1 aliphatic carbocycles. The van der Waals surface area contributed by atoms with Crippen molar-refractivity contribution >= 4 is 5.91 Å². The lowest BCUT2D eigenvalue weighted by Crippen LogP contribution is -2.39. The zero-order valence-electron chi connectivity index (χ0n) is 13.4. The normalized spacial score (nSPS) is 33.6. The van der Waals surface area contributed by atoms with Crippen LogP contribution >= 0.6 is 0 Å². The van der Waals surface area contributed by atoms with E-state index >= 15 is 0 Å². The summed E-state index contributed by atoms with van der Waals surface area (Å²) < 4.78 is 5.46. The Balaban J connectivity index is 1.67. The second-order valence-corrected chi connectivity index (χ2v) is 6.99. The van der Waals surface area contributed by atoms with Crippen LogP contribution in [0.15, 0.2) is 12.2 Å². The topological polar surface area (TPSA) is 32.8 Å². The van der Waals surface area contributed by atoms with Crippen LogP contribution in [0.4, 0.5) is 0 Å². The first kappa shape index (κ1) is 15.0. The van der Waals surface area contributed by atoms with Gasteiger partial charge in [-0.25, -0.2) is 0 Å². The first-order valence-corrected chi connectivity index (χ1v) is 8.33. The van der Waals surface area contributed by atoms with Crippen molar-refractivity contribution in [1.82, 2.24) is 9.80 Å². The van der Waals surface area contributed by atoms with E-state index in [4.69, 9.17) is 4.74 Å². The highest BCUT2D eigenvalue weighted by Gasteiger charge is 2.51. The lowest BCUT2D eigenvalue weighted by Gasteiger charge is -2.30. The predicted molar refractivity (Wildman–Crippen MR) is 83.0 cm³/mol. The summed E-state index contributed by atoms with van der Waals surface area (Å²) in [6.45, 7) is 8.28. The number of hydrogen-bond acceptors (Lipinski definition) is 3. The number of methoxy groups -OCH3 is 1. The number of nitrogens with zero attached hydrogens (tertiary/aromatic N) is 2. The van der Waals surface area contributed by atoms with Gasteiger partial charge in [0.1, 0.15) is 0 Å². The Hall–Kier alpha value is -0.870. The Labute approximate surface area is 128 Å². The molecule has 0 aromatic heterocycles. The molecule has 0 N–H and O–H groups in total. The van der Waals surface area contributed by atoms with Crippen LogP contribution in [0.3, 0.4) is 0 Å². The van der Waals surface area contributed by atoms with E-state index in [1.54, 1.807) is 7.11 Å². The highest BCUT2D eigenvalue weighted by atomic mass is 16.5. The molecular formula is C17H28N2O2. The molecule has 21 heavy (non-hydrogen) atoms. The SMILES string of the molecule is CCN1C[C@H](COC)[C@@]2(CCN(C(=O)C3CC=CC3)C2)C1. The van der Waals surface area contributed by atoms with Crippen molar-refractivity contribution in [2.75, 3.05) is 46.4 Å². The molecule has 0 aromatic rings. The molecule has 2 fully saturated rings. The largest absolute Gasteiger partial charge is 0.384 e. The number of carbonyl (C=O) groups excluding carboxylic acids is 1. The molecule has 2 heterocycles. The first-order chi connectivity index (χ1) is 10.2. The van der Waals surface area contributed by atoms with Gasteiger partial charge in [0.2, 0.25) is 5.91 Å². The van der Waals surface area contributed by atoms with Crippen molar-refractivity contribution in [2.24, 2.45) is 17.3 Å². The lowest BCUT2D eigenvalue weighted by molar-refractivity contribution is -0.134. The number of ether oxygens (including phenoxy) is 1. The highest BCUT2D eigenvalue weighted by molar-refractivity contribution is 5.80. The molecule has 2 saturated heterocycles. The highest BCUT2D eigenvalue weighted by Crippen LogP contribution is 2.44. The van der Waals surface area contributed by atoms with Crippen molar-refractivity contribution < 1.29 is 9.53 Å². The van der Waals surface area contributed by atoms with Crippen molar-refractivity contribution in [3.8, 4) is 0 Å². The quantitative estimate of drug-likeness (QED) is 0.740. The fourth-order valence-electron chi connectivity index (χ4n) is 4.44. The molecule has 0 unspecified atom stereocenters. The average molecular weight is 292 g/mol. The number of hydrogen-bond donors (Lipinski definition) is 0. The van der Waals surface area contributed by atoms with E-state index in [0.717, 1.165) is 58.6 Å². The van der Waals surface area contributed by atoms with Crippen molar-refractivity contribution in [3.05, 3.63) is 12.2 Å². The summed E-state index contributed by atoms with van der Waals surface area (Å²) in [5.74, 6) is 1.16. The van der Waals surface area contributed by atoms with Crippen LogP contribution in [-0.4, -0.2) is 62.1 Å². The fraction of sp³-hybridized carbons (Fsp3) is 0.824. The number of likely N-dealkylation sites (tertiary alicyclic amines) is 2. The first-order valence-electron chi connectivity index (χ1n) is 8.33. The Morgan fingerprint density at radius 2 is 2.10 bits per heavy atom. The molecule has 0 radical (unpaired) electrons. The van der Waals surface area contributed by atoms with Crippen molar-refractivity contribution in [3.63, 3.8) is 0 Å². The summed E-state index contributed by atoms with van der Waals surface area (Å²) >= 11 is 0. The van der Waals surface area contributed by atoms with Gasteiger partial charge in [-0.3, -0.25) is 4.79 Å². The van der Waals surface area contributed by atoms with Gasteiger partial charge in [-0.1, -0.05) is 19.1 Å². The molecule has 0 aromatic carbocycles. The third kappa shape index (κ3) is 2.76. The van der Waals surface area contributed by atoms with Crippen LogP contribution in [0.5, 0.6) is 0 Å². The third-order valence-corrected chi connectivity index (χ3v) is 5.75. The van der Waals surface area contributed by atoms with Crippen molar-refractivity contribution in [1.29, 1.82) is 0 Å². The zero-order valence-corrected chi connectivity index (χ0v) is 13.4. The van der Waals surface area contributed by atoms with Gasteiger partial charge < -0.3 is 14.5 Å². The number of amides is 1. The van der Waals surface area contributed by atoms with Gasteiger partial charge in [0.05, 0.1) is 6.61 Å². The van der Waals surface area contributed by atoms with E-state index in [9.17, 15) is 4.79 Å². The molecular weight excluding hydrogens is 264 g/mol. The third-order valence-electron chi connectivity index (χ3n) is 5.75. The molecule has 3 aliphatic rings. The van der Waals surface area contributed by atoms with Gasteiger partial charge in [-0.05, 0) is 25.8 Å². The Morgan fingerprint density at radius 3 is 2.76 bits per heavy atom. The molecule has 4 heteroatoms. The van der Waals surface area contributed by atoms with Crippen LogP contribution in [0, 0.1) is 17.3 Å². The molecule has 2 atom stereocenters. The summed E-state index contributed by atoms with van der Waals surface area (Å²) in [7, 11) is 1.80. The van der Waals surface area contributed by atoms with E-state index in [1.807, 2.05) is 0 Å². The van der Waals surface area contributed by atoms with Gasteiger partial charge in [0, 0.05) is 50.5 Å². The second kappa shape index (κ2) is 6.09. The average Bonchev–Trinajstić information content (AvgIpc) is 3.21. The maximum atomic E-state index is 12.6. The molecule has 3 rings (SSSR count). The fourth-order valence-corrected chi connectivity index (χ4v) is 4.44. The number of allylic oxidation sites excluding steroid dienone is 2. The van der Waals surface area contributed by atoms with Gasteiger partial charge >= 0.3 is 0 Å². The number of carbonyl (C=O) groups is 1. The van der Waals surface area contributed by atoms with Gasteiger partial charge in [0.25, 0.3) is 0 Å². The standard InChI is InChI=1S/C17H28N2O2/c1-3-18-10-15(11-21-2)17(12-18)8-9-19(13-17)16(20)14-6-4-5-7-14/h4-5,14-15H,3,6-13H2,1-2H3/t15-,17+/m1/s1. The minimum Gasteiger partial charge on any atom is -0.384 e. The molecule has 118 valence electrons. The molecule has 0 saturated carbocycles. The molecule has 0 bridgehead atoms. The second-order valence-electron chi connectivity index (χ2n) is 6.99. The molecule has 1 amide bonds. The van der Waals surface area contributed by atoms with E-state index in [-0.39, 0.29) is 11.3 Å². The minimum absolute atomic E-state index is 0.213. The molecule has 4 nitrogen and oxygen atoms in total. The van der Waals surface area contributed by atoms with E-state index in [1.165, 1.54) is 0 Å². The van der Waals surface area contributed by atoms with Crippen LogP contribution in [0.25, 0.3) is 0 Å². The maximum absolute atomic E-state index is 12.6. The van der Waals surface area contributed by atoms with E-state index in [0.29, 0.717) is 11.8 Å². The van der Waals surface area contributed by atoms with Crippen molar-refractivity contribution in [2.45, 2.75) is 26.2 Å². The van der Waals surface area contributed by atoms with Crippen LogP contribution in [0.2, 0.25) is 0 Å². The van der Waals surface area contributed by atoms with E-state index in [2.05, 4.69) is 28.9 Å². The van der Waals surface area contributed by atoms with Gasteiger partial charge in [-0.15, -0.1) is 0 Å². The molecule has 2 aliphatic heterocycles. The zero-order chi connectivity index (χ0) is 14.9. The summed E-state index contributed by atoms with van der Waals surface area (Å²) in [5.41, 5.74) is 0.272. The summed E-state index contributed by atoms with van der Waals surface area (Å²) in [4.78, 5) is 17.3. The smallest absolute Gasteiger partial charge is 0.226 e. The lowest BCUT2D eigenvalue weighted by atomic mass is 9.77. The number of rotatable bonds is 4. The minimum atomic E-state index is 0.213. The molecule has 1 spiro atoms. The van der Waals surface area contributed by atoms with Gasteiger partial charge in [-0.2, -0.15) is 0 Å². The maximum Gasteiger partial charge on any atom is 0.226 e. The summed E-state index contributed by atoms with van der Waals surface area (Å²) in [6, 6.07) is 0. The Bertz CT molecular complexity index is 415. The van der Waals surface area contributed by atoms with Crippen LogP contribution in [-0.2, 0) is 9.53 Å². The Morgan fingerprint density at radius 1 is 1.33 bits per heavy atom. The Kier molecular flexibility index (Phi) is 4.36. The summed E-state index contributed by atoms with van der Waals surface area (Å²) in [5, 5.41) is 0. The van der Waals surface area contributed by atoms with Crippen LogP contribution in [0.1, 0.15) is 26.2 Å². The van der Waals surface area contributed by atoms with E-state index < -0.39 is 0 Å². The predicted octanol–water partition coefficient (Wildman–Crippen LogP) is 1.77. The monoisotopic (exact) mass is 292 g/mol. The van der Waals surface area contributed by atoms with Crippen LogP contribution < -0.4 is 0 Å². The summed E-state index contributed by atoms with van der Waals surface area (Å²) in [6.07, 6.45) is 7.31.